The molecule has 1 aliphatic rings. The molecule has 0 aromatic heterocycles. The van der Waals surface area contributed by atoms with Crippen molar-refractivity contribution < 1.29 is 14.7 Å². The first-order chi connectivity index (χ1) is 11.9. The van der Waals surface area contributed by atoms with Crippen molar-refractivity contribution in [1.29, 1.82) is 0 Å². The molecule has 128 valence electrons. The minimum Gasteiger partial charge on any atom is -0.478 e. The Hall–Kier alpha value is -2.30. The molecule has 6 heteroatoms. The van der Waals surface area contributed by atoms with E-state index in [1.807, 2.05) is 12.1 Å². The molecule has 0 bridgehead atoms. The van der Waals surface area contributed by atoms with Crippen LogP contribution in [0.5, 0.6) is 0 Å². The molecule has 2 N–H and O–H groups in total. The molecule has 4 nitrogen and oxygen atoms in total. The number of amides is 1. The molecule has 0 radical (unpaired) electrons. The van der Waals surface area contributed by atoms with Crippen molar-refractivity contribution >= 4 is 52.9 Å². The van der Waals surface area contributed by atoms with Gasteiger partial charge in [0.25, 0.3) is 0 Å². The minimum absolute atomic E-state index is 0.0101. The predicted octanol–water partition coefficient (Wildman–Crippen LogP) is 5.21. The zero-order valence-corrected chi connectivity index (χ0v) is 14.6. The maximum atomic E-state index is 11.9. The van der Waals surface area contributed by atoms with Crippen LogP contribution in [-0.2, 0) is 4.79 Å². The SMILES string of the molecule is O=C(O)c1cc(/C=C/c2ccc(Cl)c(Cl)c2)ccc1NC(=O)C1CC1. The number of carboxylic acid groups (broad SMARTS) is 1. The molecule has 3 rings (SSSR count). The summed E-state index contributed by atoms with van der Waals surface area (Å²) in [5.41, 5.74) is 1.92. The van der Waals surface area contributed by atoms with Crippen LogP contribution in [0.1, 0.15) is 34.3 Å². The second-order valence-electron chi connectivity index (χ2n) is 5.88. The highest BCUT2D eigenvalue weighted by Gasteiger charge is 2.30. The standard InChI is InChI=1S/C19H15Cl2NO3/c20-15-7-3-12(10-16(15)21)2-1-11-4-8-17(14(9-11)19(24)25)22-18(23)13-5-6-13/h1-4,7-10,13H,5-6H2,(H,22,23)(H,24,25)/b2-1+. The zero-order valence-electron chi connectivity index (χ0n) is 13.1. The molecule has 0 unspecified atom stereocenters. The number of nitrogens with one attached hydrogen (secondary N) is 1. The number of carbonyl (C=O) groups excluding carboxylic acids is 1. The van der Waals surface area contributed by atoms with Gasteiger partial charge in [-0.05, 0) is 48.2 Å². The van der Waals surface area contributed by atoms with E-state index in [-0.39, 0.29) is 17.4 Å². The van der Waals surface area contributed by atoms with Gasteiger partial charge in [0.1, 0.15) is 0 Å². The molecule has 2 aromatic carbocycles. The van der Waals surface area contributed by atoms with Gasteiger partial charge in [0.2, 0.25) is 5.91 Å². The van der Waals surface area contributed by atoms with Crippen molar-refractivity contribution in [2.75, 3.05) is 5.32 Å². The minimum atomic E-state index is -1.09. The van der Waals surface area contributed by atoms with Gasteiger partial charge in [-0.15, -0.1) is 0 Å². The van der Waals surface area contributed by atoms with Crippen molar-refractivity contribution in [3.8, 4) is 0 Å². The highest BCUT2D eigenvalue weighted by Crippen LogP contribution is 2.31. The lowest BCUT2D eigenvalue weighted by Crippen LogP contribution is -2.16. The van der Waals surface area contributed by atoms with E-state index in [1.165, 1.54) is 6.07 Å². The zero-order chi connectivity index (χ0) is 18.0. The molecule has 25 heavy (non-hydrogen) atoms. The summed E-state index contributed by atoms with van der Waals surface area (Å²) in [5, 5.41) is 13.0. The van der Waals surface area contributed by atoms with Crippen LogP contribution in [0.2, 0.25) is 10.0 Å². The second kappa shape index (κ2) is 7.30. The lowest BCUT2D eigenvalue weighted by molar-refractivity contribution is -0.117. The highest BCUT2D eigenvalue weighted by atomic mass is 35.5. The van der Waals surface area contributed by atoms with Gasteiger partial charge in [0, 0.05) is 5.92 Å². The van der Waals surface area contributed by atoms with E-state index >= 15 is 0 Å². The van der Waals surface area contributed by atoms with E-state index in [1.54, 1.807) is 30.3 Å². The fourth-order valence-corrected chi connectivity index (χ4v) is 2.65. The number of hydrogen-bond donors (Lipinski definition) is 2. The molecule has 2 aromatic rings. The fraction of sp³-hybridized carbons (Fsp3) is 0.158. The summed E-state index contributed by atoms with van der Waals surface area (Å²) in [6.45, 7) is 0. The lowest BCUT2D eigenvalue weighted by atomic mass is 10.1. The molecule has 0 saturated heterocycles. The summed E-state index contributed by atoms with van der Waals surface area (Å²) >= 11 is 11.9. The summed E-state index contributed by atoms with van der Waals surface area (Å²) in [7, 11) is 0. The Morgan fingerprint density at radius 1 is 1.00 bits per heavy atom. The van der Waals surface area contributed by atoms with Gasteiger partial charge < -0.3 is 10.4 Å². The van der Waals surface area contributed by atoms with Gasteiger partial charge in [-0.3, -0.25) is 4.79 Å². The van der Waals surface area contributed by atoms with Gasteiger partial charge in [0.05, 0.1) is 21.3 Å². The van der Waals surface area contributed by atoms with Crippen LogP contribution in [-0.4, -0.2) is 17.0 Å². The molecule has 0 heterocycles. The van der Waals surface area contributed by atoms with Crippen molar-refractivity contribution in [3.05, 3.63) is 63.1 Å². The van der Waals surface area contributed by atoms with E-state index < -0.39 is 5.97 Å². The number of carboxylic acids is 1. The van der Waals surface area contributed by atoms with Gasteiger partial charge in [0.15, 0.2) is 0 Å². The van der Waals surface area contributed by atoms with E-state index in [0.717, 1.165) is 18.4 Å². The number of rotatable bonds is 5. The fourth-order valence-electron chi connectivity index (χ4n) is 2.34. The summed E-state index contributed by atoms with van der Waals surface area (Å²) in [5.74, 6) is -1.20. The van der Waals surface area contributed by atoms with Crippen LogP contribution in [0.4, 0.5) is 5.69 Å². The molecule has 0 spiro atoms. The van der Waals surface area contributed by atoms with Gasteiger partial charge >= 0.3 is 5.97 Å². The van der Waals surface area contributed by atoms with Crippen molar-refractivity contribution in [1.82, 2.24) is 0 Å². The Bertz CT molecular complexity index is 873. The largest absolute Gasteiger partial charge is 0.478 e. The van der Waals surface area contributed by atoms with Crippen LogP contribution in [0.25, 0.3) is 12.2 Å². The van der Waals surface area contributed by atoms with Gasteiger partial charge in [-0.25, -0.2) is 4.79 Å². The van der Waals surface area contributed by atoms with Crippen molar-refractivity contribution in [2.24, 2.45) is 5.92 Å². The number of anilines is 1. The topological polar surface area (TPSA) is 66.4 Å². The van der Waals surface area contributed by atoms with Crippen molar-refractivity contribution in [2.45, 2.75) is 12.8 Å². The van der Waals surface area contributed by atoms with Gasteiger partial charge in [-0.2, -0.15) is 0 Å². The number of carbonyl (C=O) groups is 2. The Morgan fingerprint density at radius 2 is 1.64 bits per heavy atom. The van der Waals surface area contributed by atoms with Crippen molar-refractivity contribution in [3.63, 3.8) is 0 Å². The molecule has 1 saturated carbocycles. The average Bonchev–Trinajstić information content (AvgIpc) is 3.41. The summed E-state index contributed by atoms with van der Waals surface area (Å²) in [6.07, 6.45) is 5.31. The number of halogens is 2. The Morgan fingerprint density at radius 3 is 2.24 bits per heavy atom. The first kappa shape index (κ1) is 17.5. The quantitative estimate of drug-likeness (QED) is 0.704. The highest BCUT2D eigenvalue weighted by molar-refractivity contribution is 6.42. The Labute approximate surface area is 155 Å². The second-order valence-corrected chi connectivity index (χ2v) is 6.69. The molecule has 1 aliphatic carbocycles. The monoisotopic (exact) mass is 375 g/mol. The number of aromatic carboxylic acids is 1. The lowest BCUT2D eigenvalue weighted by Gasteiger charge is -2.09. The molecular weight excluding hydrogens is 361 g/mol. The van der Waals surface area contributed by atoms with E-state index in [2.05, 4.69) is 5.32 Å². The first-order valence-corrected chi connectivity index (χ1v) is 8.51. The number of hydrogen-bond acceptors (Lipinski definition) is 2. The van der Waals surface area contributed by atoms with E-state index in [0.29, 0.717) is 21.3 Å². The molecule has 1 amide bonds. The third-order valence-electron chi connectivity index (χ3n) is 3.89. The van der Waals surface area contributed by atoms with Crippen LogP contribution in [0.15, 0.2) is 36.4 Å². The van der Waals surface area contributed by atoms with Crippen LogP contribution in [0, 0.1) is 5.92 Å². The maximum absolute atomic E-state index is 11.9. The molecule has 1 fully saturated rings. The smallest absolute Gasteiger partial charge is 0.337 e. The summed E-state index contributed by atoms with van der Waals surface area (Å²) < 4.78 is 0. The first-order valence-electron chi connectivity index (χ1n) is 7.75. The van der Waals surface area contributed by atoms with Crippen LogP contribution >= 0.6 is 23.2 Å². The normalized spacial score (nSPS) is 13.8. The predicted molar refractivity (Wildman–Crippen MR) is 100 cm³/mol. The summed E-state index contributed by atoms with van der Waals surface area (Å²) in [6, 6.07) is 10.1. The maximum Gasteiger partial charge on any atom is 0.337 e. The molecule has 0 atom stereocenters. The third kappa shape index (κ3) is 4.41. The Balaban J connectivity index is 1.82. The third-order valence-corrected chi connectivity index (χ3v) is 4.63. The van der Waals surface area contributed by atoms with Crippen LogP contribution < -0.4 is 5.32 Å². The molecule has 0 aliphatic heterocycles. The van der Waals surface area contributed by atoms with Gasteiger partial charge in [-0.1, -0.05) is 47.5 Å². The van der Waals surface area contributed by atoms with Crippen LogP contribution in [0.3, 0.4) is 0 Å². The summed E-state index contributed by atoms with van der Waals surface area (Å²) in [4.78, 5) is 23.4. The average molecular weight is 376 g/mol. The Kier molecular flexibility index (Phi) is 5.11. The molecular formula is C19H15Cl2NO3. The van der Waals surface area contributed by atoms with E-state index in [4.69, 9.17) is 23.2 Å². The van der Waals surface area contributed by atoms with E-state index in [9.17, 15) is 14.7 Å². The number of benzene rings is 2.